The molecule has 1 unspecified atom stereocenters. The lowest BCUT2D eigenvalue weighted by Crippen LogP contribution is -2.47. The van der Waals surface area contributed by atoms with Gasteiger partial charge in [0.05, 0.1) is 11.4 Å². The number of fused-ring (bicyclic) bond motifs is 1. The van der Waals surface area contributed by atoms with Crippen molar-refractivity contribution >= 4 is 29.2 Å². The van der Waals surface area contributed by atoms with E-state index in [2.05, 4.69) is 28.1 Å². The Morgan fingerprint density at radius 3 is 2.62 bits per heavy atom. The molecule has 1 aliphatic rings. The Morgan fingerprint density at radius 2 is 1.83 bits per heavy atom. The second kappa shape index (κ2) is 9.73. The van der Waals surface area contributed by atoms with Crippen LogP contribution in [0, 0.1) is 0 Å². The van der Waals surface area contributed by atoms with Crippen molar-refractivity contribution in [2.24, 2.45) is 0 Å². The molecule has 0 spiro atoms. The van der Waals surface area contributed by atoms with Crippen LogP contribution in [0.5, 0.6) is 0 Å². The highest BCUT2D eigenvalue weighted by Gasteiger charge is 2.26. The first-order valence-corrected chi connectivity index (χ1v) is 9.80. The van der Waals surface area contributed by atoms with Crippen LogP contribution >= 0.6 is 0 Å². The lowest BCUT2D eigenvalue weighted by molar-refractivity contribution is -0.121. The van der Waals surface area contributed by atoms with Crippen molar-refractivity contribution in [3.8, 4) is 0 Å². The molecule has 0 aromatic heterocycles. The van der Waals surface area contributed by atoms with Crippen molar-refractivity contribution in [1.29, 1.82) is 0 Å². The third kappa shape index (κ3) is 5.81. The van der Waals surface area contributed by atoms with E-state index in [-0.39, 0.29) is 37.4 Å². The summed E-state index contributed by atoms with van der Waals surface area (Å²) in [4.78, 5) is 37.8. The standard InChI is InChI=1S/C22H26N4O3/c1-16(11-12-17-7-3-2-4-8-17)24-20(27)13-14-23-22(29)26-15-21(28)25-18-9-5-6-10-19(18)26/h2-10,16H,11-15H2,1H3,(H,23,29)(H,24,27)(H,25,28). The molecule has 0 fully saturated rings. The second-order valence-electron chi connectivity index (χ2n) is 7.13. The van der Waals surface area contributed by atoms with Crippen molar-refractivity contribution in [3.63, 3.8) is 0 Å². The van der Waals surface area contributed by atoms with Crippen LogP contribution in [0.1, 0.15) is 25.3 Å². The fourth-order valence-electron chi connectivity index (χ4n) is 3.24. The minimum Gasteiger partial charge on any atom is -0.354 e. The molecule has 2 aromatic carbocycles. The van der Waals surface area contributed by atoms with Gasteiger partial charge in [0.1, 0.15) is 6.54 Å². The topological polar surface area (TPSA) is 90.5 Å². The van der Waals surface area contributed by atoms with Crippen LogP contribution in [0.4, 0.5) is 16.2 Å². The van der Waals surface area contributed by atoms with E-state index in [0.717, 1.165) is 12.8 Å². The van der Waals surface area contributed by atoms with Gasteiger partial charge in [-0.15, -0.1) is 0 Å². The smallest absolute Gasteiger partial charge is 0.322 e. The van der Waals surface area contributed by atoms with Crippen LogP contribution in [0.3, 0.4) is 0 Å². The molecule has 2 aromatic rings. The summed E-state index contributed by atoms with van der Waals surface area (Å²) in [5.74, 6) is -0.355. The zero-order valence-electron chi connectivity index (χ0n) is 16.5. The SMILES string of the molecule is CC(CCc1ccccc1)NC(=O)CCNC(=O)N1CC(=O)Nc2ccccc21. The highest BCUT2D eigenvalue weighted by atomic mass is 16.2. The Hall–Kier alpha value is -3.35. The molecule has 7 nitrogen and oxygen atoms in total. The van der Waals surface area contributed by atoms with Crippen molar-refractivity contribution in [2.75, 3.05) is 23.3 Å². The molecule has 0 radical (unpaired) electrons. The molecule has 1 aliphatic heterocycles. The Labute approximate surface area is 170 Å². The van der Waals surface area contributed by atoms with Crippen LogP contribution in [0.25, 0.3) is 0 Å². The van der Waals surface area contributed by atoms with Crippen molar-refractivity contribution in [3.05, 3.63) is 60.2 Å². The summed E-state index contributed by atoms with van der Waals surface area (Å²) in [6, 6.07) is 16.9. The van der Waals surface area contributed by atoms with E-state index in [0.29, 0.717) is 11.4 Å². The van der Waals surface area contributed by atoms with E-state index < -0.39 is 6.03 Å². The number of nitrogens with zero attached hydrogens (tertiary/aromatic N) is 1. The monoisotopic (exact) mass is 394 g/mol. The number of carbonyl (C=O) groups excluding carboxylic acids is 3. The Bertz CT molecular complexity index is 869. The summed E-state index contributed by atoms with van der Waals surface area (Å²) in [5, 5.41) is 8.42. The summed E-state index contributed by atoms with van der Waals surface area (Å²) >= 11 is 0. The number of benzene rings is 2. The van der Waals surface area contributed by atoms with Crippen LogP contribution in [0.15, 0.2) is 54.6 Å². The predicted octanol–water partition coefficient (Wildman–Crippen LogP) is 2.68. The van der Waals surface area contributed by atoms with E-state index in [1.807, 2.05) is 25.1 Å². The van der Waals surface area contributed by atoms with Gasteiger partial charge in [-0.3, -0.25) is 14.5 Å². The minimum absolute atomic E-state index is 0.0500. The fourth-order valence-corrected chi connectivity index (χ4v) is 3.24. The Kier molecular flexibility index (Phi) is 6.84. The maximum Gasteiger partial charge on any atom is 0.322 e. The fraction of sp³-hybridized carbons (Fsp3) is 0.318. The summed E-state index contributed by atoms with van der Waals surface area (Å²) in [5.41, 5.74) is 2.49. The summed E-state index contributed by atoms with van der Waals surface area (Å²) in [7, 11) is 0. The van der Waals surface area contributed by atoms with Crippen LogP contribution in [-0.2, 0) is 16.0 Å². The number of amides is 4. The molecule has 1 atom stereocenters. The molecule has 0 saturated carbocycles. The van der Waals surface area contributed by atoms with Crippen LogP contribution in [-0.4, -0.2) is 37.0 Å². The zero-order valence-corrected chi connectivity index (χ0v) is 16.5. The lowest BCUT2D eigenvalue weighted by atomic mass is 10.1. The van der Waals surface area contributed by atoms with Gasteiger partial charge in [0.25, 0.3) is 0 Å². The Balaban J connectivity index is 1.41. The Morgan fingerprint density at radius 1 is 1.10 bits per heavy atom. The number of para-hydroxylation sites is 2. The molecule has 1 heterocycles. The highest BCUT2D eigenvalue weighted by molar-refractivity contribution is 6.09. The molecular weight excluding hydrogens is 368 g/mol. The van der Waals surface area contributed by atoms with Gasteiger partial charge in [0.2, 0.25) is 11.8 Å². The molecule has 29 heavy (non-hydrogen) atoms. The minimum atomic E-state index is -0.391. The number of rotatable bonds is 7. The largest absolute Gasteiger partial charge is 0.354 e. The van der Waals surface area contributed by atoms with Gasteiger partial charge >= 0.3 is 6.03 Å². The first-order valence-electron chi connectivity index (χ1n) is 9.80. The predicted molar refractivity (Wildman–Crippen MR) is 113 cm³/mol. The molecule has 152 valence electrons. The molecule has 4 amide bonds. The highest BCUT2D eigenvalue weighted by Crippen LogP contribution is 2.28. The van der Waals surface area contributed by atoms with E-state index >= 15 is 0 Å². The third-order valence-electron chi connectivity index (χ3n) is 4.76. The van der Waals surface area contributed by atoms with Crippen molar-refractivity contribution in [2.45, 2.75) is 32.2 Å². The summed E-state index contributed by atoms with van der Waals surface area (Å²) in [6.07, 6.45) is 1.93. The van der Waals surface area contributed by atoms with E-state index in [4.69, 9.17) is 0 Å². The number of urea groups is 1. The van der Waals surface area contributed by atoms with Gasteiger partial charge < -0.3 is 16.0 Å². The molecule has 0 bridgehead atoms. The number of nitrogens with one attached hydrogen (secondary N) is 3. The summed E-state index contributed by atoms with van der Waals surface area (Å²) in [6.45, 7) is 2.13. The number of carbonyl (C=O) groups is 3. The number of aryl methyl sites for hydroxylation is 1. The average Bonchev–Trinajstić information content (AvgIpc) is 2.72. The first-order chi connectivity index (χ1) is 14.0. The van der Waals surface area contributed by atoms with Gasteiger partial charge in [-0.1, -0.05) is 42.5 Å². The number of anilines is 2. The van der Waals surface area contributed by atoms with Crippen LogP contribution < -0.4 is 20.9 Å². The molecule has 7 heteroatoms. The maximum absolute atomic E-state index is 12.5. The van der Waals surface area contributed by atoms with Gasteiger partial charge in [0, 0.05) is 19.0 Å². The van der Waals surface area contributed by atoms with Gasteiger partial charge in [-0.25, -0.2) is 4.79 Å². The maximum atomic E-state index is 12.5. The molecule has 0 saturated heterocycles. The molecule has 3 N–H and O–H groups in total. The number of hydrogen-bond donors (Lipinski definition) is 3. The first kappa shape index (κ1) is 20.4. The molecule has 3 rings (SSSR count). The lowest BCUT2D eigenvalue weighted by Gasteiger charge is -2.29. The van der Waals surface area contributed by atoms with Gasteiger partial charge in [-0.05, 0) is 37.5 Å². The number of hydrogen-bond acceptors (Lipinski definition) is 3. The van der Waals surface area contributed by atoms with Crippen LogP contribution in [0.2, 0.25) is 0 Å². The molecular formula is C22H26N4O3. The average molecular weight is 394 g/mol. The van der Waals surface area contributed by atoms with Crippen molar-refractivity contribution < 1.29 is 14.4 Å². The quantitative estimate of drug-likeness (QED) is 0.674. The zero-order chi connectivity index (χ0) is 20.6. The van der Waals surface area contributed by atoms with Crippen molar-refractivity contribution in [1.82, 2.24) is 10.6 Å². The van der Waals surface area contributed by atoms with Gasteiger partial charge in [0.15, 0.2) is 0 Å². The van der Waals surface area contributed by atoms with E-state index in [1.165, 1.54) is 10.5 Å². The summed E-state index contributed by atoms with van der Waals surface area (Å²) < 4.78 is 0. The van der Waals surface area contributed by atoms with Gasteiger partial charge in [-0.2, -0.15) is 0 Å². The second-order valence-corrected chi connectivity index (χ2v) is 7.13. The third-order valence-corrected chi connectivity index (χ3v) is 4.76. The molecule has 0 aliphatic carbocycles. The van der Waals surface area contributed by atoms with E-state index in [9.17, 15) is 14.4 Å². The van der Waals surface area contributed by atoms with E-state index in [1.54, 1.807) is 24.3 Å². The normalized spacial score (nSPS) is 13.8.